The summed E-state index contributed by atoms with van der Waals surface area (Å²) in [5.41, 5.74) is 3.05. The molecular weight excluding hydrogens is 366 g/mol. The Kier molecular flexibility index (Phi) is 5.33. The van der Waals surface area contributed by atoms with Crippen LogP contribution in [0.1, 0.15) is 28.6 Å². The zero-order valence-corrected chi connectivity index (χ0v) is 16.5. The van der Waals surface area contributed by atoms with E-state index in [0.717, 1.165) is 41.5 Å². The molecule has 1 amide bonds. The zero-order chi connectivity index (χ0) is 20.2. The van der Waals surface area contributed by atoms with E-state index in [1.165, 1.54) is 5.56 Å². The van der Waals surface area contributed by atoms with Crippen molar-refractivity contribution in [1.29, 1.82) is 0 Å². The third-order valence-corrected chi connectivity index (χ3v) is 4.97. The van der Waals surface area contributed by atoms with Crippen molar-refractivity contribution in [2.24, 2.45) is 7.05 Å². The molecule has 3 aromatic rings. The number of methoxy groups -OCH3 is 1. The number of hydrogen-bond donors (Lipinski definition) is 1. The highest BCUT2D eigenvalue weighted by Crippen LogP contribution is 2.27. The van der Waals surface area contributed by atoms with Crippen LogP contribution in [0.25, 0.3) is 6.08 Å². The molecule has 0 saturated carbocycles. The molecule has 0 aliphatic carbocycles. The van der Waals surface area contributed by atoms with Crippen LogP contribution in [0.5, 0.6) is 11.5 Å². The van der Waals surface area contributed by atoms with Gasteiger partial charge in [0.05, 0.1) is 13.7 Å². The Labute approximate surface area is 169 Å². The number of fused-ring (bicyclic) bond motifs is 1. The van der Waals surface area contributed by atoms with E-state index < -0.39 is 6.04 Å². The zero-order valence-electron chi connectivity index (χ0n) is 16.5. The van der Waals surface area contributed by atoms with Gasteiger partial charge in [0.15, 0.2) is 0 Å². The van der Waals surface area contributed by atoms with Gasteiger partial charge in [-0.05, 0) is 47.0 Å². The number of amides is 1. The van der Waals surface area contributed by atoms with Crippen LogP contribution in [0.4, 0.5) is 0 Å². The van der Waals surface area contributed by atoms with Crippen molar-refractivity contribution in [3.63, 3.8) is 0 Å². The molecule has 1 aliphatic heterocycles. The quantitative estimate of drug-likeness (QED) is 0.657. The molecule has 6 nitrogen and oxygen atoms in total. The van der Waals surface area contributed by atoms with Crippen LogP contribution in [-0.2, 0) is 18.3 Å². The Morgan fingerprint density at radius 2 is 2.21 bits per heavy atom. The van der Waals surface area contributed by atoms with E-state index in [9.17, 15) is 4.79 Å². The van der Waals surface area contributed by atoms with Crippen LogP contribution in [0.15, 0.2) is 60.9 Å². The van der Waals surface area contributed by atoms with Gasteiger partial charge in [0.2, 0.25) is 5.91 Å². The second kappa shape index (κ2) is 8.22. The molecule has 0 saturated heterocycles. The van der Waals surface area contributed by atoms with Gasteiger partial charge < -0.3 is 19.4 Å². The molecule has 148 valence electrons. The number of aryl methyl sites for hydroxylation is 1. The first-order valence-corrected chi connectivity index (χ1v) is 9.49. The number of nitrogens with zero attached hydrogens (tertiary/aromatic N) is 2. The number of rotatable bonds is 6. The predicted octanol–water partition coefficient (Wildman–Crippen LogP) is 3.28. The van der Waals surface area contributed by atoms with Crippen LogP contribution >= 0.6 is 0 Å². The minimum absolute atomic E-state index is 0.197. The van der Waals surface area contributed by atoms with Crippen molar-refractivity contribution < 1.29 is 14.3 Å². The van der Waals surface area contributed by atoms with Gasteiger partial charge in [-0.3, -0.25) is 4.79 Å². The van der Waals surface area contributed by atoms with Crippen molar-refractivity contribution >= 4 is 12.0 Å². The lowest BCUT2D eigenvalue weighted by atomic mass is 10.1. The summed E-state index contributed by atoms with van der Waals surface area (Å²) in [6.45, 7) is 0.717. The maximum atomic E-state index is 12.7. The molecule has 1 aromatic heterocycles. The number of aromatic nitrogens is 2. The smallest absolute Gasteiger partial charge is 0.244 e. The highest BCUT2D eigenvalue weighted by Gasteiger charge is 2.20. The molecule has 2 heterocycles. The van der Waals surface area contributed by atoms with Gasteiger partial charge in [0.1, 0.15) is 23.4 Å². The van der Waals surface area contributed by atoms with E-state index in [2.05, 4.69) is 16.4 Å². The topological polar surface area (TPSA) is 65.4 Å². The fourth-order valence-corrected chi connectivity index (χ4v) is 3.45. The first-order valence-electron chi connectivity index (χ1n) is 9.49. The molecule has 29 heavy (non-hydrogen) atoms. The van der Waals surface area contributed by atoms with Crippen LogP contribution < -0.4 is 14.8 Å². The van der Waals surface area contributed by atoms with Crippen molar-refractivity contribution in [3.05, 3.63) is 83.4 Å². The highest BCUT2D eigenvalue weighted by molar-refractivity contribution is 5.92. The lowest BCUT2D eigenvalue weighted by Crippen LogP contribution is -2.29. The first kappa shape index (κ1) is 18.8. The summed E-state index contributed by atoms with van der Waals surface area (Å²) in [4.78, 5) is 17.1. The molecule has 1 unspecified atom stereocenters. The number of benzene rings is 2. The third-order valence-electron chi connectivity index (χ3n) is 4.97. The maximum absolute atomic E-state index is 12.7. The van der Waals surface area contributed by atoms with E-state index in [0.29, 0.717) is 0 Å². The van der Waals surface area contributed by atoms with Crippen LogP contribution in [0, 0.1) is 0 Å². The Bertz CT molecular complexity index is 1060. The summed E-state index contributed by atoms with van der Waals surface area (Å²) in [6, 6.07) is 13.2. The number of carbonyl (C=O) groups excluding carboxylic acids is 1. The van der Waals surface area contributed by atoms with Gasteiger partial charge in [-0.1, -0.05) is 18.2 Å². The number of nitrogens with one attached hydrogen (secondary N) is 1. The largest absolute Gasteiger partial charge is 0.497 e. The van der Waals surface area contributed by atoms with E-state index in [1.54, 1.807) is 19.4 Å². The fraction of sp³-hybridized carbons (Fsp3) is 0.217. The Balaban J connectivity index is 1.55. The molecule has 2 aromatic carbocycles. The van der Waals surface area contributed by atoms with Crippen LogP contribution in [0.3, 0.4) is 0 Å². The van der Waals surface area contributed by atoms with Gasteiger partial charge in [-0.2, -0.15) is 0 Å². The number of hydrogen-bond acceptors (Lipinski definition) is 4. The van der Waals surface area contributed by atoms with E-state index in [4.69, 9.17) is 9.47 Å². The Morgan fingerprint density at radius 1 is 1.31 bits per heavy atom. The van der Waals surface area contributed by atoms with Gasteiger partial charge >= 0.3 is 0 Å². The van der Waals surface area contributed by atoms with Gasteiger partial charge in [-0.25, -0.2) is 4.98 Å². The number of carbonyl (C=O) groups is 1. The minimum atomic E-state index is -0.393. The summed E-state index contributed by atoms with van der Waals surface area (Å²) in [5.74, 6) is 2.21. The monoisotopic (exact) mass is 389 g/mol. The molecule has 6 heteroatoms. The summed E-state index contributed by atoms with van der Waals surface area (Å²) >= 11 is 0. The molecule has 0 bridgehead atoms. The lowest BCUT2D eigenvalue weighted by molar-refractivity contribution is -0.117. The van der Waals surface area contributed by atoms with Crippen molar-refractivity contribution in [1.82, 2.24) is 14.9 Å². The molecule has 0 spiro atoms. The normalized spacial score (nSPS) is 13.7. The van der Waals surface area contributed by atoms with Crippen LogP contribution in [0.2, 0.25) is 0 Å². The summed E-state index contributed by atoms with van der Waals surface area (Å²) in [5, 5.41) is 3.06. The second-order valence-corrected chi connectivity index (χ2v) is 6.91. The van der Waals surface area contributed by atoms with Crippen LogP contribution in [-0.4, -0.2) is 29.2 Å². The molecule has 0 radical (unpaired) electrons. The first-order chi connectivity index (χ1) is 14.1. The van der Waals surface area contributed by atoms with Gasteiger partial charge in [-0.15, -0.1) is 0 Å². The molecule has 1 atom stereocenters. The predicted molar refractivity (Wildman–Crippen MR) is 111 cm³/mol. The molecular formula is C23H23N3O3. The molecule has 4 rings (SSSR count). The van der Waals surface area contributed by atoms with E-state index >= 15 is 0 Å². The summed E-state index contributed by atoms with van der Waals surface area (Å²) in [6.07, 6.45) is 7.84. The average molecular weight is 389 g/mol. The SMILES string of the molecule is COc1cccc(C(NC(=O)/C=C/c2ccc3c(c2)CCO3)c2nccn2C)c1. The Hall–Kier alpha value is -3.54. The Morgan fingerprint density at radius 3 is 3.00 bits per heavy atom. The standard InChI is InChI=1S/C23H23N3O3/c1-26-12-11-24-23(26)22(18-4-3-5-19(15-18)28-2)25-21(27)9-7-16-6-8-20-17(14-16)10-13-29-20/h3-9,11-12,14-15,22H,10,13H2,1-2H3,(H,25,27)/b9-7+. The summed E-state index contributed by atoms with van der Waals surface area (Å²) in [7, 11) is 3.53. The van der Waals surface area contributed by atoms with Gasteiger partial charge in [0, 0.05) is 31.9 Å². The van der Waals surface area contributed by atoms with Crippen molar-refractivity contribution in [3.8, 4) is 11.5 Å². The van der Waals surface area contributed by atoms with E-state index in [1.807, 2.05) is 60.3 Å². The van der Waals surface area contributed by atoms with Crippen molar-refractivity contribution in [2.75, 3.05) is 13.7 Å². The average Bonchev–Trinajstić information content (AvgIpc) is 3.38. The second-order valence-electron chi connectivity index (χ2n) is 6.91. The van der Waals surface area contributed by atoms with Crippen molar-refractivity contribution in [2.45, 2.75) is 12.5 Å². The van der Waals surface area contributed by atoms with Gasteiger partial charge in [0.25, 0.3) is 0 Å². The molecule has 1 aliphatic rings. The van der Waals surface area contributed by atoms with E-state index in [-0.39, 0.29) is 5.91 Å². The molecule has 0 fully saturated rings. The maximum Gasteiger partial charge on any atom is 0.244 e. The number of ether oxygens (including phenoxy) is 2. The minimum Gasteiger partial charge on any atom is -0.497 e. The fourth-order valence-electron chi connectivity index (χ4n) is 3.45. The highest BCUT2D eigenvalue weighted by atomic mass is 16.5. The lowest BCUT2D eigenvalue weighted by Gasteiger charge is -2.19. The summed E-state index contributed by atoms with van der Waals surface area (Å²) < 4.78 is 12.8. The third kappa shape index (κ3) is 4.16. The molecule has 1 N–H and O–H groups in total. The number of imidazole rings is 1.